The Morgan fingerprint density at radius 3 is 2.38 bits per heavy atom. The number of anilines is 1. The molecule has 2 fully saturated rings. The molecule has 0 spiro atoms. The molecule has 0 N–H and O–H groups in total. The van der Waals surface area contributed by atoms with Crippen LogP contribution in [0.4, 0.5) is 5.69 Å². The first-order valence-electron chi connectivity index (χ1n) is 10.9. The second-order valence-corrected chi connectivity index (χ2v) is 10.0. The number of halogens is 2. The highest BCUT2D eigenvalue weighted by molar-refractivity contribution is 9.10. The first kappa shape index (κ1) is 21.3. The number of rotatable bonds is 3. The Morgan fingerprint density at radius 1 is 0.882 bits per heavy atom. The zero-order valence-electron chi connectivity index (χ0n) is 17.8. The molecule has 3 aliphatic rings. The van der Waals surface area contributed by atoms with Gasteiger partial charge in [-0.2, -0.15) is 0 Å². The molecule has 3 aliphatic heterocycles. The van der Waals surface area contributed by atoms with E-state index in [1.165, 1.54) is 4.90 Å². The minimum absolute atomic E-state index is 0.199. The van der Waals surface area contributed by atoms with Gasteiger partial charge in [-0.05, 0) is 59.7 Å². The summed E-state index contributed by atoms with van der Waals surface area (Å²) in [5, 5.41) is 0.526. The van der Waals surface area contributed by atoms with E-state index in [-0.39, 0.29) is 17.6 Å². The highest BCUT2D eigenvalue weighted by Crippen LogP contribution is 2.53. The van der Waals surface area contributed by atoms with E-state index < -0.39 is 23.9 Å². The van der Waals surface area contributed by atoms with Crippen LogP contribution in [0.3, 0.4) is 0 Å². The monoisotopic (exact) mass is 532 g/mol. The molecule has 5 nitrogen and oxygen atoms in total. The largest absolute Gasteiger partial charge is 0.358 e. The Morgan fingerprint density at radius 2 is 1.62 bits per heavy atom. The molecular weight excluding hydrogens is 516 g/mol. The van der Waals surface area contributed by atoms with E-state index in [4.69, 9.17) is 11.6 Å². The lowest BCUT2D eigenvalue weighted by atomic mass is 9.83. The fraction of sp³-hybridized carbons (Fsp3) is 0.148. The molecule has 7 heteroatoms. The molecule has 6 rings (SSSR count). The van der Waals surface area contributed by atoms with Gasteiger partial charge in [-0.1, -0.05) is 57.9 Å². The van der Waals surface area contributed by atoms with Crippen molar-refractivity contribution in [2.24, 2.45) is 11.8 Å². The highest BCUT2D eigenvalue weighted by atomic mass is 79.9. The fourth-order valence-electron chi connectivity index (χ4n) is 5.51. The van der Waals surface area contributed by atoms with Crippen molar-refractivity contribution in [1.82, 2.24) is 4.90 Å². The number of ketones is 1. The van der Waals surface area contributed by atoms with Gasteiger partial charge in [-0.15, -0.1) is 0 Å². The van der Waals surface area contributed by atoms with Gasteiger partial charge in [0.25, 0.3) is 0 Å². The van der Waals surface area contributed by atoms with E-state index in [9.17, 15) is 14.4 Å². The molecule has 168 valence electrons. The Hall–Kier alpha value is -3.22. The lowest BCUT2D eigenvalue weighted by Crippen LogP contribution is -2.44. The number of carbonyl (C=O) groups is 3. The van der Waals surface area contributed by atoms with E-state index in [0.717, 1.165) is 15.6 Å². The first-order valence-corrected chi connectivity index (χ1v) is 12.1. The second-order valence-electron chi connectivity index (χ2n) is 8.70. The molecule has 34 heavy (non-hydrogen) atoms. The summed E-state index contributed by atoms with van der Waals surface area (Å²) in [5.41, 5.74) is 2.90. The van der Waals surface area contributed by atoms with Crippen LogP contribution in [0.15, 0.2) is 83.5 Å². The minimum Gasteiger partial charge on any atom is -0.358 e. The lowest BCUT2D eigenvalue weighted by molar-refractivity contribution is -0.123. The molecule has 3 heterocycles. The lowest BCUT2D eigenvalue weighted by Gasteiger charge is -2.35. The van der Waals surface area contributed by atoms with Gasteiger partial charge in [0.05, 0.1) is 23.6 Å². The molecule has 3 aromatic carbocycles. The molecule has 4 atom stereocenters. The van der Waals surface area contributed by atoms with Gasteiger partial charge in [0.15, 0.2) is 5.78 Å². The van der Waals surface area contributed by atoms with Gasteiger partial charge in [0.2, 0.25) is 11.8 Å². The average molecular weight is 534 g/mol. The molecule has 0 saturated carbocycles. The molecular formula is C27H18BrClN2O3. The summed E-state index contributed by atoms with van der Waals surface area (Å²) in [6.45, 7) is 0. The maximum Gasteiger partial charge on any atom is 0.240 e. The maximum atomic E-state index is 13.8. The summed E-state index contributed by atoms with van der Waals surface area (Å²) < 4.78 is 0.768. The molecule has 0 unspecified atom stereocenters. The fourth-order valence-corrected chi connectivity index (χ4v) is 6.02. The number of Topliss-reactive ketones (excluding diaryl/α,β-unsaturated/α-hetero) is 1. The quantitative estimate of drug-likeness (QED) is 0.330. The topological polar surface area (TPSA) is 57.7 Å². The van der Waals surface area contributed by atoms with Crippen molar-refractivity contribution in [3.05, 3.63) is 105 Å². The number of nitrogens with zero attached hydrogens (tertiary/aromatic N) is 2. The first-order chi connectivity index (χ1) is 16.5. The summed E-state index contributed by atoms with van der Waals surface area (Å²) in [7, 11) is 0. The Bertz CT molecular complexity index is 1390. The van der Waals surface area contributed by atoms with Crippen LogP contribution in [-0.4, -0.2) is 28.5 Å². The van der Waals surface area contributed by atoms with Crippen molar-refractivity contribution in [3.63, 3.8) is 0 Å². The standard InChI is InChI=1S/C27H18BrClN2O3/c28-17-5-3-6-19(14-17)31-26(33)21-22(27(31)34)24(25(32)16-8-10-18(29)11-9-16)30-13-12-15-4-1-2-7-20(15)23(21)30/h1-14,21-24H/t21-,22-,23-,24+/m1/s1. The van der Waals surface area contributed by atoms with Crippen molar-refractivity contribution in [3.8, 4) is 0 Å². The average Bonchev–Trinajstić information content (AvgIpc) is 3.31. The number of carbonyl (C=O) groups excluding carboxylic acids is 3. The number of benzene rings is 3. The molecule has 3 aromatic rings. The van der Waals surface area contributed by atoms with Crippen LogP contribution in [0.25, 0.3) is 6.08 Å². The van der Waals surface area contributed by atoms with Crippen LogP contribution in [0, 0.1) is 11.8 Å². The molecule has 0 aromatic heterocycles. The van der Waals surface area contributed by atoms with Crippen LogP contribution in [0.1, 0.15) is 27.5 Å². The van der Waals surface area contributed by atoms with Gasteiger partial charge in [-0.25, -0.2) is 4.90 Å². The van der Waals surface area contributed by atoms with Gasteiger partial charge in [0.1, 0.15) is 6.04 Å². The second kappa shape index (κ2) is 7.93. The predicted molar refractivity (Wildman–Crippen MR) is 133 cm³/mol. The molecule has 0 radical (unpaired) electrons. The summed E-state index contributed by atoms with van der Waals surface area (Å²) in [6.07, 6.45) is 3.80. The van der Waals surface area contributed by atoms with E-state index in [2.05, 4.69) is 15.9 Å². The maximum absolute atomic E-state index is 13.8. The highest BCUT2D eigenvalue weighted by Gasteiger charge is 2.64. The number of imide groups is 1. The van der Waals surface area contributed by atoms with Crippen LogP contribution >= 0.6 is 27.5 Å². The van der Waals surface area contributed by atoms with Gasteiger partial charge in [-0.3, -0.25) is 14.4 Å². The van der Waals surface area contributed by atoms with E-state index in [0.29, 0.717) is 16.3 Å². The normalized spacial score (nSPS) is 24.8. The van der Waals surface area contributed by atoms with E-state index >= 15 is 0 Å². The number of hydrogen-bond donors (Lipinski definition) is 0. The van der Waals surface area contributed by atoms with E-state index in [1.54, 1.807) is 42.5 Å². The van der Waals surface area contributed by atoms with Gasteiger partial charge in [0, 0.05) is 21.3 Å². The smallest absolute Gasteiger partial charge is 0.240 e. The van der Waals surface area contributed by atoms with Crippen molar-refractivity contribution in [2.75, 3.05) is 4.90 Å². The molecule has 0 bridgehead atoms. The van der Waals surface area contributed by atoms with Gasteiger partial charge >= 0.3 is 0 Å². The van der Waals surface area contributed by atoms with E-state index in [1.807, 2.05) is 47.5 Å². The van der Waals surface area contributed by atoms with Crippen molar-refractivity contribution in [2.45, 2.75) is 12.1 Å². The van der Waals surface area contributed by atoms with Crippen LogP contribution in [0.5, 0.6) is 0 Å². The zero-order valence-corrected chi connectivity index (χ0v) is 20.1. The third kappa shape index (κ3) is 3.09. The summed E-state index contributed by atoms with van der Waals surface area (Å²) in [5.74, 6) is -2.29. The van der Waals surface area contributed by atoms with Crippen LogP contribution < -0.4 is 4.90 Å². The molecule has 2 saturated heterocycles. The number of hydrogen-bond acceptors (Lipinski definition) is 4. The number of amides is 2. The summed E-state index contributed by atoms with van der Waals surface area (Å²) in [6, 6.07) is 20.4. The third-order valence-electron chi connectivity index (χ3n) is 6.93. The zero-order chi connectivity index (χ0) is 23.6. The Labute approximate surface area is 209 Å². The SMILES string of the molecule is O=C(c1ccc(Cl)cc1)[C@@H]1[C@@H]2C(=O)N(c3cccc(Br)c3)C(=O)[C@H]2[C@H]2c3ccccc3C=CN12. The number of fused-ring (bicyclic) bond motifs is 5. The Balaban J connectivity index is 1.50. The van der Waals surface area contributed by atoms with Gasteiger partial charge < -0.3 is 4.90 Å². The predicted octanol–water partition coefficient (Wildman–Crippen LogP) is 5.50. The van der Waals surface area contributed by atoms with Crippen LogP contribution in [-0.2, 0) is 9.59 Å². The van der Waals surface area contributed by atoms with Crippen molar-refractivity contribution < 1.29 is 14.4 Å². The summed E-state index contributed by atoms with van der Waals surface area (Å²) in [4.78, 5) is 44.6. The molecule has 2 amide bonds. The van der Waals surface area contributed by atoms with Crippen molar-refractivity contribution in [1.29, 1.82) is 0 Å². The third-order valence-corrected chi connectivity index (χ3v) is 7.67. The minimum atomic E-state index is -0.797. The Kier molecular flexibility index (Phi) is 4.97. The van der Waals surface area contributed by atoms with Crippen molar-refractivity contribution >= 4 is 56.9 Å². The summed E-state index contributed by atoms with van der Waals surface area (Å²) >= 11 is 9.46. The molecule has 0 aliphatic carbocycles. The van der Waals surface area contributed by atoms with Crippen LogP contribution in [0.2, 0.25) is 5.02 Å².